The number of benzene rings is 1. The van der Waals surface area contributed by atoms with E-state index in [9.17, 15) is 0 Å². The maximum absolute atomic E-state index is 7.67. The number of nitrogens with one attached hydrogen (secondary N) is 1. The SMILES string of the molecule is CC(C)(C)N1CCN(c2ccccc2C(=N)N)CC1. The molecule has 2 rings (SSSR count). The van der Waals surface area contributed by atoms with Gasteiger partial charge in [-0.15, -0.1) is 0 Å². The molecule has 1 aliphatic rings. The molecule has 0 amide bonds. The van der Waals surface area contributed by atoms with Crippen molar-refractivity contribution >= 4 is 11.5 Å². The van der Waals surface area contributed by atoms with Crippen molar-refractivity contribution in [3.05, 3.63) is 29.8 Å². The Morgan fingerprint density at radius 2 is 1.68 bits per heavy atom. The average molecular weight is 260 g/mol. The third-order valence-electron chi connectivity index (χ3n) is 3.76. The third kappa shape index (κ3) is 3.07. The Bertz CT molecular complexity index is 453. The van der Waals surface area contributed by atoms with Crippen LogP contribution >= 0.6 is 0 Å². The van der Waals surface area contributed by atoms with Crippen molar-refractivity contribution in [1.82, 2.24) is 4.90 Å². The summed E-state index contributed by atoms with van der Waals surface area (Å²) in [5, 5.41) is 7.67. The largest absolute Gasteiger partial charge is 0.384 e. The first-order chi connectivity index (χ1) is 8.89. The van der Waals surface area contributed by atoms with Crippen LogP contribution in [0.4, 0.5) is 5.69 Å². The Morgan fingerprint density at radius 1 is 1.11 bits per heavy atom. The highest BCUT2D eigenvalue weighted by molar-refractivity contribution is 6.00. The summed E-state index contributed by atoms with van der Waals surface area (Å²) in [6.07, 6.45) is 0. The van der Waals surface area contributed by atoms with E-state index in [2.05, 4.69) is 36.6 Å². The Labute approximate surface area is 115 Å². The molecule has 1 saturated heterocycles. The lowest BCUT2D eigenvalue weighted by Gasteiger charge is -2.43. The first-order valence-corrected chi connectivity index (χ1v) is 6.83. The molecule has 1 heterocycles. The Hall–Kier alpha value is -1.55. The number of rotatable bonds is 2. The summed E-state index contributed by atoms with van der Waals surface area (Å²) in [6, 6.07) is 7.93. The lowest BCUT2D eigenvalue weighted by Crippen LogP contribution is -2.53. The number of hydrogen-bond acceptors (Lipinski definition) is 3. The molecule has 19 heavy (non-hydrogen) atoms. The van der Waals surface area contributed by atoms with Gasteiger partial charge in [0.1, 0.15) is 5.84 Å². The first-order valence-electron chi connectivity index (χ1n) is 6.83. The molecule has 0 aromatic heterocycles. The molecule has 1 aromatic carbocycles. The standard InChI is InChI=1S/C15H24N4/c1-15(2,3)19-10-8-18(9-11-19)13-7-5-4-6-12(13)14(16)17/h4-7H,8-11H2,1-3H3,(H3,16,17). The van der Waals surface area contributed by atoms with Crippen molar-refractivity contribution in [3.8, 4) is 0 Å². The Morgan fingerprint density at radius 3 is 2.21 bits per heavy atom. The zero-order valence-electron chi connectivity index (χ0n) is 12.1. The number of nitrogens with two attached hydrogens (primary N) is 1. The number of amidine groups is 1. The van der Waals surface area contributed by atoms with Gasteiger partial charge < -0.3 is 10.6 Å². The zero-order valence-corrected chi connectivity index (χ0v) is 12.1. The van der Waals surface area contributed by atoms with Crippen molar-refractivity contribution < 1.29 is 0 Å². The molecule has 4 heteroatoms. The topological polar surface area (TPSA) is 56.4 Å². The van der Waals surface area contributed by atoms with Gasteiger partial charge in [0.05, 0.1) is 0 Å². The summed E-state index contributed by atoms with van der Waals surface area (Å²) >= 11 is 0. The summed E-state index contributed by atoms with van der Waals surface area (Å²) in [4.78, 5) is 4.83. The van der Waals surface area contributed by atoms with Gasteiger partial charge in [-0.05, 0) is 32.9 Å². The van der Waals surface area contributed by atoms with E-state index >= 15 is 0 Å². The fourth-order valence-corrected chi connectivity index (χ4v) is 2.60. The number of nitrogen functional groups attached to an aromatic ring is 1. The second-order valence-corrected chi connectivity index (χ2v) is 6.08. The summed E-state index contributed by atoms with van der Waals surface area (Å²) in [6.45, 7) is 10.8. The Balaban J connectivity index is 2.12. The summed E-state index contributed by atoms with van der Waals surface area (Å²) < 4.78 is 0. The van der Waals surface area contributed by atoms with Crippen LogP contribution in [0.3, 0.4) is 0 Å². The van der Waals surface area contributed by atoms with E-state index in [1.165, 1.54) is 0 Å². The smallest absolute Gasteiger partial charge is 0.124 e. The molecule has 0 aliphatic carbocycles. The average Bonchev–Trinajstić information content (AvgIpc) is 2.38. The van der Waals surface area contributed by atoms with Crippen LogP contribution in [0, 0.1) is 5.41 Å². The van der Waals surface area contributed by atoms with E-state index < -0.39 is 0 Å². The molecular weight excluding hydrogens is 236 g/mol. The molecule has 0 atom stereocenters. The molecule has 0 bridgehead atoms. The molecule has 3 N–H and O–H groups in total. The van der Waals surface area contributed by atoms with Gasteiger partial charge in [0, 0.05) is 43.0 Å². The van der Waals surface area contributed by atoms with Crippen molar-refractivity contribution in [2.45, 2.75) is 26.3 Å². The quantitative estimate of drug-likeness (QED) is 0.630. The monoisotopic (exact) mass is 260 g/mol. The predicted molar refractivity (Wildman–Crippen MR) is 81.0 cm³/mol. The van der Waals surface area contributed by atoms with Crippen LogP contribution in [-0.4, -0.2) is 42.5 Å². The van der Waals surface area contributed by atoms with Gasteiger partial charge >= 0.3 is 0 Å². The van der Waals surface area contributed by atoms with E-state index in [0.29, 0.717) is 0 Å². The molecule has 4 nitrogen and oxygen atoms in total. The summed E-state index contributed by atoms with van der Waals surface area (Å²) in [7, 11) is 0. The second-order valence-electron chi connectivity index (χ2n) is 6.08. The lowest BCUT2D eigenvalue weighted by molar-refractivity contribution is 0.128. The number of piperazine rings is 1. The van der Waals surface area contributed by atoms with Crippen molar-refractivity contribution in [2.24, 2.45) is 5.73 Å². The van der Waals surface area contributed by atoms with E-state index in [4.69, 9.17) is 11.1 Å². The minimum Gasteiger partial charge on any atom is -0.384 e. The van der Waals surface area contributed by atoms with E-state index in [0.717, 1.165) is 37.4 Å². The fourth-order valence-electron chi connectivity index (χ4n) is 2.60. The van der Waals surface area contributed by atoms with Crippen LogP contribution in [0.2, 0.25) is 0 Å². The number of para-hydroxylation sites is 1. The summed E-state index contributed by atoms with van der Waals surface area (Å²) in [5.41, 5.74) is 7.82. The zero-order chi connectivity index (χ0) is 14.0. The maximum Gasteiger partial charge on any atom is 0.124 e. The van der Waals surface area contributed by atoms with Gasteiger partial charge in [-0.3, -0.25) is 10.3 Å². The fraction of sp³-hybridized carbons (Fsp3) is 0.533. The van der Waals surface area contributed by atoms with Crippen molar-refractivity contribution in [2.75, 3.05) is 31.1 Å². The van der Waals surface area contributed by atoms with Gasteiger partial charge in [0.25, 0.3) is 0 Å². The van der Waals surface area contributed by atoms with Crippen LogP contribution in [-0.2, 0) is 0 Å². The summed E-state index contributed by atoms with van der Waals surface area (Å²) in [5.74, 6) is 0.147. The number of hydrogen-bond donors (Lipinski definition) is 2. The number of anilines is 1. The lowest BCUT2D eigenvalue weighted by atomic mass is 10.0. The molecule has 0 radical (unpaired) electrons. The van der Waals surface area contributed by atoms with Crippen LogP contribution in [0.25, 0.3) is 0 Å². The molecule has 0 spiro atoms. The minimum atomic E-state index is 0.147. The van der Waals surface area contributed by atoms with Crippen molar-refractivity contribution in [3.63, 3.8) is 0 Å². The van der Waals surface area contributed by atoms with Gasteiger partial charge in [-0.2, -0.15) is 0 Å². The van der Waals surface area contributed by atoms with Crippen LogP contribution in [0.15, 0.2) is 24.3 Å². The molecule has 1 aliphatic heterocycles. The highest BCUT2D eigenvalue weighted by Crippen LogP contribution is 2.23. The van der Waals surface area contributed by atoms with E-state index in [1.54, 1.807) is 0 Å². The molecule has 1 fully saturated rings. The molecule has 0 saturated carbocycles. The molecule has 1 aromatic rings. The first kappa shape index (κ1) is 13.9. The van der Waals surface area contributed by atoms with Crippen LogP contribution in [0.5, 0.6) is 0 Å². The second kappa shape index (κ2) is 5.21. The molecular formula is C15H24N4. The highest BCUT2D eigenvalue weighted by Gasteiger charge is 2.26. The predicted octanol–water partition coefficient (Wildman–Crippen LogP) is 1.89. The van der Waals surface area contributed by atoms with Crippen LogP contribution in [0.1, 0.15) is 26.3 Å². The third-order valence-corrected chi connectivity index (χ3v) is 3.76. The maximum atomic E-state index is 7.67. The molecule has 104 valence electrons. The molecule has 0 unspecified atom stereocenters. The minimum absolute atomic E-state index is 0.147. The van der Waals surface area contributed by atoms with Gasteiger partial charge in [-0.25, -0.2) is 0 Å². The normalized spacial score (nSPS) is 17.5. The number of nitrogens with zero attached hydrogens (tertiary/aromatic N) is 2. The van der Waals surface area contributed by atoms with Gasteiger partial charge in [0.15, 0.2) is 0 Å². The van der Waals surface area contributed by atoms with Gasteiger partial charge in [0.2, 0.25) is 0 Å². The highest BCUT2D eigenvalue weighted by atomic mass is 15.3. The van der Waals surface area contributed by atoms with E-state index in [-0.39, 0.29) is 11.4 Å². The Kier molecular flexibility index (Phi) is 3.80. The van der Waals surface area contributed by atoms with Crippen LogP contribution < -0.4 is 10.6 Å². The van der Waals surface area contributed by atoms with Gasteiger partial charge in [-0.1, -0.05) is 12.1 Å². The van der Waals surface area contributed by atoms with Crippen molar-refractivity contribution in [1.29, 1.82) is 5.41 Å². The van der Waals surface area contributed by atoms with E-state index in [1.807, 2.05) is 18.2 Å².